The molecule has 0 atom stereocenters. The molecule has 0 unspecified atom stereocenters. The summed E-state index contributed by atoms with van der Waals surface area (Å²) in [5, 5.41) is 3.33. The minimum atomic E-state index is 0.189. The van der Waals surface area contributed by atoms with Crippen molar-refractivity contribution < 1.29 is 9.15 Å². The Morgan fingerprint density at radius 1 is 1.10 bits per heavy atom. The first kappa shape index (κ1) is 15.6. The van der Waals surface area contributed by atoms with Crippen molar-refractivity contribution in [3.05, 3.63) is 54.0 Å². The van der Waals surface area contributed by atoms with E-state index in [9.17, 15) is 0 Å². The predicted octanol–water partition coefficient (Wildman–Crippen LogP) is 4.14. The fourth-order valence-electron chi connectivity index (χ4n) is 2.06. The molecule has 3 nitrogen and oxygen atoms in total. The van der Waals surface area contributed by atoms with Gasteiger partial charge in [0.2, 0.25) is 0 Å². The van der Waals surface area contributed by atoms with Crippen LogP contribution in [0.5, 0.6) is 5.75 Å². The molecule has 0 saturated carbocycles. The maximum absolute atomic E-state index is 5.75. The van der Waals surface area contributed by atoms with E-state index in [1.54, 1.807) is 6.26 Å². The van der Waals surface area contributed by atoms with Crippen LogP contribution in [0.1, 0.15) is 38.5 Å². The average molecular weight is 287 g/mol. The van der Waals surface area contributed by atoms with Gasteiger partial charge in [0.15, 0.2) is 0 Å². The second-order valence-electron chi connectivity index (χ2n) is 6.23. The van der Waals surface area contributed by atoms with Crippen LogP contribution in [-0.2, 0) is 12.0 Å². The van der Waals surface area contributed by atoms with Gasteiger partial charge in [-0.15, -0.1) is 0 Å². The lowest BCUT2D eigenvalue weighted by molar-refractivity contribution is 0.306. The van der Waals surface area contributed by atoms with Crippen LogP contribution in [0.15, 0.2) is 47.1 Å². The molecule has 114 valence electrons. The number of nitrogens with one attached hydrogen (secondary N) is 1. The molecule has 3 heteroatoms. The van der Waals surface area contributed by atoms with Crippen molar-refractivity contribution in [2.75, 3.05) is 13.2 Å². The van der Waals surface area contributed by atoms with E-state index in [0.29, 0.717) is 0 Å². The van der Waals surface area contributed by atoms with Crippen molar-refractivity contribution in [3.63, 3.8) is 0 Å². The summed E-state index contributed by atoms with van der Waals surface area (Å²) in [5.41, 5.74) is 1.52. The summed E-state index contributed by atoms with van der Waals surface area (Å²) in [6.45, 7) is 9.06. The van der Waals surface area contributed by atoms with Gasteiger partial charge < -0.3 is 14.5 Å². The van der Waals surface area contributed by atoms with Gasteiger partial charge >= 0.3 is 0 Å². The van der Waals surface area contributed by atoms with E-state index in [0.717, 1.165) is 37.6 Å². The van der Waals surface area contributed by atoms with Crippen molar-refractivity contribution in [3.8, 4) is 5.75 Å². The highest BCUT2D eigenvalue weighted by Crippen LogP contribution is 2.24. The van der Waals surface area contributed by atoms with E-state index in [1.807, 2.05) is 12.1 Å². The third kappa shape index (κ3) is 5.27. The molecular formula is C18H25NO2. The van der Waals surface area contributed by atoms with E-state index in [2.05, 4.69) is 50.4 Å². The van der Waals surface area contributed by atoms with Crippen LogP contribution in [0, 0.1) is 0 Å². The molecular weight excluding hydrogens is 262 g/mol. The summed E-state index contributed by atoms with van der Waals surface area (Å²) < 4.78 is 11.0. The molecule has 0 aliphatic heterocycles. The molecule has 1 aromatic carbocycles. The molecule has 0 bridgehead atoms. The normalized spacial score (nSPS) is 11.6. The lowest BCUT2D eigenvalue weighted by atomic mass is 9.87. The Morgan fingerprint density at radius 3 is 2.48 bits per heavy atom. The van der Waals surface area contributed by atoms with Crippen LogP contribution in [-0.4, -0.2) is 13.2 Å². The van der Waals surface area contributed by atoms with Crippen molar-refractivity contribution in [2.24, 2.45) is 0 Å². The molecule has 21 heavy (non-hydrogen) atoms. The first-order valence-electron chi connectivity index (χ1n) is 7.52. The van der Waals surface area contributed by atoms with Crippen LogP contribution in [0.4, 0.5) is 0 Å². The highest BCUT2D eigenvalue weighted by molar-refractivity contribution is 5.31. The van der Waals surface area contributed by atoms with Crippen molar-refractivity contribution in [1.29, 1.82) is 0 Å². The van der Waals surface area contributed by atoms with Gasteiger partial charge in [-0.1, -0.05) is 32.9 Å². The van der Waals surface area contributed by atoms with E-state index in [4.69, 9.17) is 9.15 Å². The molecule has 1 aromatic heterocycles. The van der Waals surface area contributed by atoms with Gasteiger partial charge in [0.25, 0.3) is 0 Å². The summed E-state index contributed by atoms with van der Waals surface area (Å²) in [6.07, 6.45) is 2.67. The average Bonchev–Trinajstić information content (AvgIpc) is 2.95. The molecule has 1 heterocycles. The largest absolute Gasteiger partial charge is 0.494 e. The molecule has 0 aliphatic rings. The first-order chi connectivity index (χ1) is 10.1. The van der Waals surface area contributed by atoms with Crippen LogP contribution < -0.4 is 10.1 Å². The van der Waals surface area contributed by atoms with Crippen LogP contribution in [0.2, 0.25) is 0 Å². The Labute approximate surface area is 127 Å². The smallest absolute Gasteiger partial charge is 0.119 e. The second-order valence-corrected chi connectivity index (χ2v) is 6.23. The van der Waals surface area contributed by atoms with Crippen LogP contribution in [0.25, 0.3) is 0 Å². The Morgan fingerprint density at radius 2 is 1.86 bits per heavy atom. The van der Waals surface area contributed by atoms with E-state index in [1.165, 1.54) is 5.56 Å². The molecule has 0 spiro atoms. The predicted molar refractivity (Wildman–Crippen MR) is 85.7 cm³/mol. The molecule has 0 amide bonds. The zero-order valence-corrected chi connectivity index (χ0v) is 13.2. The lowest BCUT2D eigenvalue weighted by Crippen LogP contribution is -2.16. The SMILES string of the molecule is CC(C)(C)c1ccc(OCCCNCc2ccco2)cc1. The summed E-state index contributed by atoms with van der Waals surface area (Å²) in [7, 11) is 0. The highest BCUT2D eigenvalue weighted by Gasteiger charge is 2.12. The molecule has 2 aromatic rings. The number of hydrogen-bond acceptors (Lipinski definition) is 3. The number of furan rings is 1. The summed E-state index contributed by atoms with van der Waals surface area (Å²) >= 11 is 0. The molecule has 0 aliphatic carbocycles. The third-order valence-electron chi connectivity index (χ3n) is 3.37. The van der Waals surface area contributed by atoms with Crippen molar-refractivity contribution >= 4 is 0 Å². The second kappa shape index (κ2) is 7.32. The van der Waals surface area contributed by atoms with Gasteiger partial charge in [0, 0.05) is 0 Å². The van der Waals surface area contributed by atoms with E-state index < -0.39 is 0 Å². The van der Waals surface area contributed by atoms with Gasteiger partial charge in [0.1, 0.15) is 11.5 Å². The van der Waals surface area contributed by atoms with Crippen LogP contribution in [0.3, 0.4) is 0 Å². The van der Waals surface area contributed by atoms with Crippen molar-refractivity contribution in [2.45, 2.75) is 39.2 Å². The quantitative estimate of drug-likeness (QED) is 0.777. The third-order valence-corrected chi connectivity index (χ3v) is 3.37. The first-order valence-corrected chi connectivity index (χ1v) is 7.52. The standard InChI is InChI=1S/C18H25NO2/c1-18(2,3)15-7-9-16(10-8-15)20-13-5-11-19-14-17-6-4-12-21-17/h4,6-10,12,19H,5,11,13-14H2,1-3H3. The Bertz CT molecular complexity index is 509. The summed E-state index contributed by atoms with van der Waals surface area (Å²) in [6, 6.07) is 12.3. The maximum atomic E-state index is 5.75. The summed E-state index contributed by atoms with van der Waals surface area (Å²) in [5.74, 6) is 1.91. The molecule has 2 rings (SSSR count). The van der Waals surface area contributed by atoms with Gasteiger partial charge in [-0.25, -0.2) is 0 Å². The fourth-order valence-corrected chi connectivity index (χ4v) is 2.06. The zero-order valence-electron chi connectivity index (χ0n) is 13.2. The van der Waals surface area contributed by atoms with Gasteiger partial charge in [0.05, 0.1) is 19.4 Å². The van der Waals surface area contributed by atoms with E-state index >= 15 is 0 Å². The Balaban J connectivity index is 1.62. The Hall–Kier alpha value is -1.74. The van der Waals surface area contributed by atoms with E-state index in [-0.39, 0.29) is 5.41 Å². The van der Waals surface area contributed by atoms with Crippen molar-refractivity contribution in [1.82, 2.24) is 5.32 Å². The number of rotatable bonds is 7. The summed E-state index contributed by atoms with van der Waals surface area (Å²) in [4.78, 5) is 0. The Kier molecular flexibility index (Phi) is 5.45. The monoisotopic (exact) mass is 287 g/mol. The fraction of sp³-hybridized carbons (Fsp3) is 0.444. The highest BCUT2D eigenvalue weighted by atomic mass is 16.5. The number of hydrogen-bond donors (Lipinski definition) is 1. The van der Waals surface area contributed by atoms with Crippen LogP contribution >= 0.6 is 0 Å². The minimum Gasteiger partial charge on any atom is -0.494 e. The topological polar surface area (TPSA) is 34.4 Å². The molecule has 0 radical (unpaired) electrons. The van der Waals surface area contributed by atoms with Gasteiger partial charge in [-0.05, 0) is 48.2 Å². The number of ether oxygens (including phenoxy) is 1. The molecule has 0 fully saturated rings. The van der Waals surface area contributed by atoms with Gasteiger partial charge in [-0.2, -0.15) is 0 Å². The maximum Gasteiger partial charge on any atom is 0.119 e. The lowest BCUT2D eigenvalue weighted by Gasteiger charge is -2.19. The van der Waals surface area contributed by atoms with Gasteiger partial charge in [-0.3, -0.25) is 0 Å². The zero-order chi connectivity index (χ0) is 15.1. The number of benzene rings is 1. The molecule has 0 saturated heterocycles. The minimum absolute atomic E-state index is 0.189. The molecule has 1 N–H and O–H groups in total.